The zero-order valence-corrected chi connectivity index (χ0v) is 21.5. The van der Waals surface area contributed by atoms with Gasteiger partial charge >= 0.3 is 0 Å². The fraction of sp³-hybridized carbons (Fsp3) is 0.556. The normalized spacial score (nSPS) is 25.4. The van der Waals surface area contributed by atoms with E-state index < -0.39 is 11.4 Å². The Morgan fingerprint density at radius 1 is 1.24 bits per heavy atom. The Bertz CT molecular complexity index is 1230. The third kappa shape index (κ3) is 4.11. The van der Waals surface area contributed by atoms with Gasteiger partial charge in [0, 0.05) is 55.6 Å². The van der Waals surface area contributed by atoms with Crippen LogP contribution < -0.4 is 15.5 Å². The molecule has 9 nitrogen and oxygen atoms in total. The molecule has 0 bridgehead atoms. The summed E-state index contributed by atoms with van der Waals surface area (Å²) in [6.07, 6.45) is 8.45. The molecule has 3 aliphatic heterocycles. The summed E-state index contributed by atoms with van der Waals surface area (Å²) in [4.78, 5) is 41.3. The van der Waals surface area contributed by atoms with Crippen LogP contribution in [0.15, 0.2) is 24.4 Å². The number of anilines is 3. The number of halogens is 1. The van der Waals surface area contributed by atoms with Gasteiger partial charge in [0.25, 0.3) is 5.91 Å². The first kappa shape index (κ1) is 24.1. The number of likely N-dealkylation sites (tertiary alicyclic amines) is 1. The molecule has 196 valence electrons. The van der Waals surface area contributed by atoms with Crippen molar-refractivity contribution in [2.75, 3.05) is 43.9 Å². The molecular formula is C27H34FN7O2. The van der Waals surface area contributed by atoms with E-state index in [9.17, 15) is 9.59 Å². The molecule has 1 spiro atoms. The molecule has 1 aromatic carbocycles. The molecular weight excluding hydrogens is 473 g/mol. The molecule has 4 heterocycles. The number of benzene rings is 1. The molecule has 4 aliphatic rings. The summed E-state index contributed by atoms with van der Waals surface area (Å²) in [5.41, 5.74) is 0.935. The molecule has 2 amide bonds. The van der Waals surface area contributed by atoms with Gasteiger partial charge < -0.3 is 25.3 Å². The number of rotatable bonds is 5. The number of nitrogens with zero attached hydrogens (tertiary/aromatic N) is 5. The molecule has 2 aromatic rings. The van der Waals surface area contributed by atoms with Crippen LogP contribution in [0, 0.1) is 5.82 Å². The lowest BCUT2D eigenvalue weighted by molar-refractivity contribution is -0.123. The highest BCUT2D eigenvalue weighted by Crippen LogP contribution is 2.46. The van der Waals surface area contributed by atoms with E-state index in [-0.39, 0.29) is 23.4 Å². The minimum Gasteiger partial charge on any atom is -0.354 e. The zero-order valence-electron chi connectivity index (χ0n) is 21.5. The van der Waals surface area contributed by atoms with Crippen molar-refractivity contribution in [3.63, 3.8) is 0 Å². The fourth-order valence-electron chi connectivity index (χ4n) is 6.55. The summed E-state index contributed by atoms with van der Waals surface area (Å²) in [7, 11) is 3.99. The van der Waals surface area contributed by atoms with Crippen molar-refractivity contribution in [2.45, 2.75) is 62.6 Å². The summed E-state index contributed by atoms with van der Waals surface area (Å²) < 4.78 is 15.1. The Morgan fingerprint density at radius 2 is 2.05 bits per heavy atom. The zero-order chi connectivity index (χ0) is 25.7. The molecule has 0 radical (unpaired) electrons. The predicted molar refractivity (Wildman–Crippen MR) is 139 cm³/mol. The number of carbonyl (C=O) groups is 2. The van der Waals surface area contributed by atoms with Crippen LogP contribution in [0.4, 0.5) is 21.8 Å². The summed E-state index contributed by atoms with van der Waals surface area (Å²) >= 11 is 0. The monoisotopic (exact) mass is 507 g/mol. The molecule has 1 aromatic heterocycles. The SMILES string of the molecule is CN(C)[C@H]1CCN(C(=O)c2ccc(Nc3ncc4c(n3)N(C3CCCC3)C3(CCNC3=O)C4)cc2F)C1. The Balaban J connectivity index is 1.22. The number of nitrogens with one attached hydrogen (secondary N) is 2. The highest BCUT2D eigenvalue weighted by atomic mass is 19.1. The first-order valence-electron chi connectivity index (χ1n) is 13.3. The smallest absolute Gasteiger partial charge is 0.256 e. The number of hydrogen-bond acceptors (Lipinski definition) is 7. The molecule has 1 saturated carbocycles. The lowest BCUT2D eigenvalue weighted by Crippen LogP contribution is -2.56. The Labute approximate surface area is 216 Å². The van der Waals surface area contributed by atoms with Crippen LogP contribution in [0.1, 0.15) is 54.4 Å². The van der Waals surface area contributed by atoms with Gasteiger partial charge in [0.05, 0.1) is 5.56 Å². The molecule has 6 rings (SSSR count). The lowest BCUT2D eigenvalue weighted by atomic mass is 9.91. The Hall–Kier alpha value is -3.27. The summed E-state index contributed by atoms with van der Waals surface area (Å²) in [5.74, 6) is 0.375. The van der Waals surface area contributed by atoms with E-state index in [1.165, 1.54) is 12.1 Å². The van der Waals surface area contributed by atoms with Crippen molar-refractivity contribution in [3.8, 4) is 0 Å². The second kappa shape index (κ2) is 9.24. The summed E-state index contributed by atoms with van der Waals surface area (Å²) in [6.45, 7) is 1.90. The van der Waals surface area contributed by atoms with Crippen LogP contribution in [0.2, 0.25) is 0 Å². The average molecular weight is 508 g/mol. The van der Waals surface area contributed by atoms with E-state index in [1.54, 1.807) is 17.2 Å². The minimum atomic E-state index is -0.583. The maximum absolute atomic E-state index is 15.1. The van der Waals surface area contributed by atoms with Crippen molar-refractivity contribution in [1.29, 1.82) is 0 Å². The van der Waals surface area contributed by atoms with E-state index in [4.69, 9.17) is 4.98 Å². The number of amides is 2. The predicted octanol–water partition coefficient (Wildman–Crippen LogP) is 2.70. The van der Waals surface area contributed by atoms with E-state index in [0.29, 0.717) is 43.7 Å². The second-order valence-electron chi connectivity index (χ2n) is 11.0. The first-order valence-corrected chi connectivity index (χ1v) is 13.3. The van der Waals surface area contributed by atoms with E-state index >= 15 is 4.39 Å². The second-order valence-corrected chi connectivity index (χ2v) is 11.0. The van der Waals surface area contributed by atoms with Crippen LogP contribution in [-0.4, -0.2) is 82.9 Å². The van der Waals surface area contributed by atoms with Gasteiger partial charge in [-0.25, -0.2) is 9.37 Å². The number of fused-ring (bicyclic) bond motifs is 1. The molecule has 10 heteroatoms. The van der Waals surface area contributed by atoms with Crippen LogP contribution in [0.5, 0.6) is 0 Å². The highest BCUT2D eigenvalue weighted by Gasteiger charge is 2.55. The topological polar surface area (TPSA) is 93.7 Å². The van der Waals surface area contributed by atoms with E-state index in [2.05, 4.69) is 25.4 Å². The third-order valence-electron chi connectivity index (χ3n) is 8.59. The number of hydrogen-bond donors (Lipinski definition) is 2. The molecule has 1 unspecified atom stereocenters. The van der Waals surface area contributed by atoms with E-state index in [1.807, 2.05) is 14.1 Å². The summed E-state index contributed by atoms with van der Waals surface area (Å²) in [6, 6.07) is 5.12. The van der Waals surface area contributed by atoms with Crippen LogP contribution in [-0.2, 0) is 11.2 Å². The minimum absolute atomic E-state index is 0.0708. The molecule has 3 fully saturated rings. The van der Waals surface area contributed by atoms with Gasteiger partial charge in [0.2, 0.25) is 11.9 Å². The molecule has 2 atom stereocenters. The van der Waals surface area contributed by atoms with Gasteiger partial charge in [0.15, 0.2) is 0 Å². The lowest BCUT2D eigenvalue weighted by Gasteiger charge is -2.38. The first-order chi connectivity index (χ1) is 17.9. The Kier molecular flexibility index (Phi) is 6.01. The van der Waals surface area contributed by atoms with Crippen molar-refractivity contribution >= 4 is 29.3 Å². The van der Waals surface area contributed by atoms with Crippen molar-refractivity contribution in [1.82, 2.24) is 25.1 Å². The van der Waals surface area contributed by atoms with Gasteiger partial charge in [0.1, 0.15) is 17.2 Å². The number of likely N-dealkylation sites (N-methyl/N-ethyl adjacent to an activating group) is 1. The standard InChI is InChI=1S/C27H34FN7O2/c1-33(2)20-9-12-34(16-20)24(36)21-8-7-18(13-22(21)28)31-26-30-15-17-14-27(10-11-29-25(27)37)35(23(17)32-26)19-5-3-4-6-19/h7-8,13,15,19-20H,3-6,9-12,14,16H2,1-2H3,(H,29,37)(H,30,31,32)/t20-,27?/m0/s1. The van der Waals surface area contributed by atoms with Gasteiger partial charge in [-0.1, -0.05) is 12.8 Å². The molecule has 37 heavy (non-hydrogen) atoms. The number of carbonyl (C=O) groups excluding carboxylic acids is 2. The van der Waals surface area contributed by atoms with Crippen molar-refractivity contribution in [3.05, 3.63) is 41.3 Å². The molecule has 2 N–H and O–H groups in total. The van der Waals surface area contributed by atoms with Crippen molar-refractivity contribution in [2.24, 2.45) is 0 Å². The largest absolute Gasteiger partial charge is 0.354 e. The highest BCUT2D eigenvalue weighted by molar-refractivity contribution is 5.95. The molecule has 1 aliphatic carbocycles. The van der Waals surface area contributed by atoms with Gasteiger partial charge in [-0.05, 0) is 58.0 Å². The Morgan fingerprint density at radius 3 is 2.73 bits per heavy atom. The van der Waals surface area contributed by atoms with E-state index in [0.717, 1.165) is 49.9 Å². The van der Waals surface area contributed by atoms with Crippen molar-refractivity contribution < 1.29 is 14.0 Å². The summed E-state index contributed by atoms with van der Waals surface area (Å²) in [5, 5.41) is 6.14. The third-order valence-corrected chi connectivity index (χ3v) is 8.59. The molecule has 2 saturated heterocycles. The van der Waals surface area contributed by atoms with Gasteiger partial charge in [-0.2, -0.15) is 4.98 Å². The maximum atomic E-state index is 15.1. The van der Waals surface area contributed by atoms with Crippen LogP contribution >= 0.6 is 0 Å². The number of aromatic nitrogens is 2. The quantitative estimate of drug-likeness (QED) is 0.643. The average Bonchev–Trinajstić information content (AvgIpc) is 3.66. The fourth-order valence-corrected chi connectivity index (χ4v) is 6.55. The van der Waals surface area contributed by atoms with Gasteiger partial charge in [-0.15, -0.1) is 0 Å². The maximum Gasteiger partial charge on any atom is 0.256 e. The van der Waals surface area contributed by atoms with Crippen LogP contribution in [0.25, 0.3) is 0 Å². The van der Waals surface area contributed by atoms with Crippen LogP contribution in [0.3, 0.4) is 0 Å². The van der Waals surface area contributed by atoms with Gasteiger partial charge in [-0.3, -0.25) is 9.59 Å².